The average Bonchev–Trinajstić information content (AvgIpc) is 2.99. The molecule has 0 fully saturated rings. The zero-order valence-corrected chi connectivity index (χ0v) is 11.3. The van der Waals surface area contributed by atoms with E-state index in [1.54, 1.807) is 24.3 Å². The predicted molar refractivity (Wildman–Crippen MR) is 77.4 cm³/mol. The summed E-state index contributed by atoms with van der Waals surface area (Å²) in [6, 6.07) is 9.06. The lowest BCUT2D eigenvalue weighted by atomic mass is 10.2. The van der Waals surface area contributed by atoms with Crippen molar-refractivity contribution in [3.05, 3.63) is 65.9 Å². The first kappa shape index (κ1) is 13.7. The molecule has 0 atom stereocenters. The van der Waals surface area contributed by atoms with Gasteiger partial charge in [-0.2, -0.15) is 0 Å². The number of benzene rings is 1. The van der Waals surface area contributed by atoms with Gasteiger partial charge in [-0.1, -0.05) is 6.07 Å². The van der Waals surface area contributed by atoms with Crippen LogP contribution < -0.4 is 10.9 Å². The van der Waals surface area contributed by atoms with Crippen molar-refractivity contribution in [2.75, 3.05) is 0 Å². The summed E-state index contributed by atoms with van der Waals surface area (Å²) in [7, 11) is 0. The van der Waals surface area contributed by atoms with E-state index in [-0.39, 0.29) is 5.69 Å². The molecule has 2 amide bonds. The monoisotopic (exact) mass is 298 g/mol. The van der Waals surface area contributed by atoms with E-state index in [2.05, 4.69) is 20.8 Å². The predicted octanol–water partition coefficient (Wildman–Crippen LogP) is 1.78. The van der Waals surface area contributed by atoms with Gasteiger partial charge in [-0.05, 0) is 30.3 Å². The summed E-state index contributed by atoms with van der Waals surface area (Å²) in [6.07, 6.45) is 2.91. The van der Waals surface area contributed by atoms with E-state index in [1.807, 2.05) is 0 Å². The second-order valence-corrected chi connectivity index (χ2v) is 4.53. The van der Waals surface area contributed by atoms with Crippen LogP contribution in [0.5, 0.6) is 0 Å². The molecule has 7 heteroatoms. The van der Waals surface area contributed by atoms with Crippen molar-refractivity contribution >= 4 is 22.7 Å². The van der Waals surface area contributed by atoms with E-state index < -0.39 is 17.6 Å². The largest absolute Gasteiger partial charge is 0.350 e. The lowest BCUT2D eigenvalue weighted by molar-refractivity contribution is 0.0844. The van der Waals surface area contributed by atoms with Crippen LogP contribution in [0.25, 0.3) is 10.9 Å². The van der Waals surface area contributed by atoms with Gasteiger partial charge >= 0.3 is 0 Å². The molecule has 3 rings (SSSR count). The molecule has 110 valence electrons. The first-order valence-corrected chi connectivity index (χ1v) is 6.43. The minimum atomic E-state index is -0.576. The molecule has 0 aliphatic heterocycles. The number of fused-ring (bicyclic) bond motifs is 1. The second-order valence-electron chi connectivity index (χ2n) is 4.53. The highest BCUT2D eigenvalue weighted by Gasteiger charge is 2.13. The van der Waals surface area contributed by atoms with Crippen LogP contribution in [0.4, 0.5) is 4.39 Å². The highest BCUT2D eigenvalue weighted by Crippen LogP contribution is 2.18. The quantitative estimate of drug-likeness (QED) is 0.630. The summed E-state index contributed by atoms with van der Waals surface area (Å²) in [5.74, 6) is -1.50. The molecule has 0 aliphatic rings. The molecule has 3 N–H and O–H groups in total. The standard InChI is InChI=1S/C15H11FN4O2/c16-11-4-1-5-12-10(11)7-13(18-12)15(22)20-19-14(21)9-3-2-6-17-8-9/h1-8,18H,(H,19,21)(H,20,22). The van der Waals surface area contributed by atoms with Crippen LogP contribution >= 0.6 is 0 Å². The molecular weight excluding hydrogens is 287 g/mol. The van der Waals surface area contributed by atoms with E-state index in [1.165, 1.54) is 24.5 Å². The maximum Gasteiger partial charge on any atom is 0.286 e. The summed E-state index contributed by atoms with van der Waals surface area (Å²) in [4.78, 5) is 30.3. The Bertz CT molecular complexity index is 845. The molecule has 2 heterocycles. The first-order valence-electron chi connectivity index (χ1n) is 6.43. The fourth-order valence-electron chi connectivity index (χ4n) is 1.99. The topological polar surface area (TPSA) is 86.9 Å². The number of hydrazine groups is 1. The Morgan fingerprint density at radius 2 is 1.91 bits per heavy atom. The third-order valence-electron chi connectivity index (χ3n) is 3.07. The van der Waals surface area contributed by atoms with Crippen molar-refractivity contribution in [3.63, 3.8) is 0 Å². The normalized spacial score (nSPS) is 10.4. The molecule has 0 aliphatic carbocycles. The van der Waals surface area contributed by atoms with Gasteiger partial charge in [-0.15, -0.1) is 0 Å². The number of nitrogens with one attached hydrogen (secondary N) is 3. The van der Waals surface area contributed by atoms with Gasteiger partial charge in [0.15, 0.2) is 0 Å². The zero-order chi connectivity index (χ0) is 15.5. The van der Waals surface area contributed by atoms with E-state index in [9.17, 15) is 14.0 Å². The lowest BCUT2D eigenvalue weighted by Gasteiger charge is -2.05. The summed E-state index contributed by atoms with van der Waals surface area (Å²) >= 11 is 0. The van der Waals surface area contributed by atoms with E-state index in [0.29, 0.717) is 16.5 Å². The van der Waals surface area contributed by atoms with Crippen LogP contribution in [-0.4, -0.2) is 21.8 Å². The Labute approximate surface area is 124 Å². The lowest BCUT2D eigenvalue weighted by Crippen LogP contribution is -2.41. The molecule has 0 saturated heterocycles. The number of carbonyl (C=O) groups is 2. The SMILES string of the molecule is O=C(NNC(=O)c1cc2c(F)cccc2[nH]1)c1cccnc1. The molecule has 0 unspecified atom stereocenters. The Hall–Kier alpha value is -3.22. The van der Waals surface area contributed by atoms with Gasteiger partial charge in [-0.25, -0.2) is 4.39 Å². The summed E-state index contributed by atoms with van der Waals surface area (Å²) < 4.78 is 13.6. The van der Waals surface area contributed by atoms with Gasteiger partial charge in [0.05, 0.1) is 5.56 Å². The third-order valence-corrected chi connectivity index (χ3v) is 3.07. The number of aromatic amines is 1. The molecule has 1 aromatic carbocycles. The molecule has 22 heavy (non-hydrogen) atoms. The van der Waals surface area contributed by atoms with E-state index in [0.717, 1.165) is 0 Å². The number of halogens is 1. The molecule has 6 nitrogen and oxygen atoms in total. The zero-order valence-electron chi connectivity index (χ0n) is 11.3. The highest BCUT2D eigenvalue weighted by molar-refractivity contribution is 6.00. The average molecular weight is 298 g/mol. The molecule has 0 radical (unpaired) electrons. The molecule has 3 aromatic rings. The van der Waals surface area contributed by atoms with Gasteiger partial charge in [0.25, 0.3) is 11.8 Å². The van der Waals surface area contributed by atoms with Crippen LogP contribution in [0.3, 0.4) is 0 Å². The number of hydrogen-bond donors (Lipinski definition) is 3. The number of aromatic nitrogens is 2. The molecule has 0 bridgehead atoms. The van der Waals surface area contributed by atoms with Gasteiger partial charge in [0.1, 0.15) is 11.5 Å². The van der Waals surface area contributed by atoms with Gasteiger partial charge in [0.2, 0.25) is 0 Å². The van der Waals surface area contributed by atoms with Crippen molar-refractivity contribution in [3.8, 4) is 0 Å². The van der Waals surface area contributed by atoms with Crippen LogP contribution in [0.15, 0.2) is 48.8 Å². The van der Waals surface area contributed by atoms with Gasteiger partial charge in [0, 0.05) is 23.3 Å². The fourth-order valence-corrected chi connectivity index (χ4v) is 1.99. The molecule has 2 aromatic heterocycles. The van der Waals surface area contributed by atoms with Crippen molar-refractivity contribution in [1.29, 1.82) is 0 Å². The Morgan fingerprint density at radius 1 is 1.09 bits per heavy atom. The van der Waals surface area contributed by atoms with Crippen LogP contribution in [0.1, 0.15) is 20.8 Å². The number of H-pyrrole nitrogens is 1. The number of amides is 2. The fraction of sp³-hybridized carbons (Fsp3) is 0. The minimum absolute atomic E-state index is 0.145. The Balaban J connectivity index is 1.71. The van der Waals surface area contributed by atoms with Crippen molar-refractivity contribution in [1.82, 2.24) is 20.8 Å². The van der Waals surface area contributed by atoms with Crippen molar-refractivity contribution in [2.45, 2.75) is 0 Å². The van der Waals surface area contributed by atoms with E-state index >= 15 is 0 Å². The smallest absolute Gasteiger partial charge is 0.286 e. The van der Waals surface area contributed by atoms with E-state index in [4.69, 9.17) is 0 Å². The number of rotatable bonds is 2. The van der Waals surface area contributed by atoms with Crippen molar-refractivity contribution < 1.29 is 14.0 Å². The first-order chi connectivity index (χ1) is 10.6. The van der Waals surface area contributed by atoms with Crippen LogP contribution in [0, 0.1) is 5.82 Å². The number of hydrogen-bond acceptors (Lipinski definition) is 3. The van der Waals surface area contributed by atoms with Crippen LogP contribution in [0.2, 0.25) is 0 Å². The minimum Gasteiger partial charge on any atom is -0.350 e. The van der Waals surface area contributed by atoms with Crippen LogP contribution in [-0.2, 0) is 0 Å². The number of pyridine rings is 1. The molecule has 0 spiro atoms. The molecule has 0 saturated carbocycles. The van der Waals surface area contributed by atoms with Crippen molar-refractivity contribution in [2.24, 2.45) is 0 Å². The Kier molecular flexibility index (Phi) is 3.53. The third kappa shape index (κ3) is 2.64. The highest BCUT2D eigenvalue weighted by atomic mass is 19.1. The second kappa shape index (κ2) is 5.65. The Morgan fingerprint density at radius 3 is 2.64 bits per heavy atom. The summed E-state index contributed by atoms with van der Waals surface area (Å²) in [6.45, 7) is 0. The van der Waals surface area contributed by atoms with Gasteiger partial charge < -0.3 is 4.98 Å². The number of nitrogens with zero attached hydrogens (tertiary/aromatic N) is 1. The maximum absolute atomic E-state index is 13.6. The van der Waals surface area contributed by atoms with Gasteiger partial charge in [-0.3, -0.25) is 25.4 Å². The maximum atomic E-state index is 13.6. The molecular formula is C15H11FN4O2. The number of carbonyl (C=O) groups excluding carboxylic acids is 2. The summed E-state index contributed by atoms with van der Waals surface area (Å²) in [5.41, 5.74) is 5.48. The summed E-state index contributed by atoms with van der Waals surface area (Å²) in [5, 5.41) is 0.311.